The van der Waals surface area contributed by atoms with E-state index in [4.69, 9.17) is 0 Å². The van der Waals surface area contributed by atoms with Crippen molar-refractivity contribution in [2.45, 2.75) is 27.7 Å². The third kappa shape index (κ3) is 2.25. The number of aryl methyl sites for hydroxylation is 2. The van der Waals surface area contributed by atoms with Crippen molar-refractivity contribution >= 4 is 23.9 Å². The van der Waals surface area contributed by atoms with Gasteiger partial charge in [0.05, 0.1) is 10.5 Å². The minimum absolute atomic E-state index is 0.303. The summed E-state index contributed by atoms with van der Waals surface area (Å²) in [7, 11) is 0. The van der Waals surface area contributed by atoms with Crippen LogP contribution in [0.1, 0.15) is 36.4 Å². The largest absolute Gasteiger partial charge is 0.737 e. The molecule has 0 aliphatic carbocycles. The Morgan fingerprint density at radius 3 is 2.46 bits per heavy atom. The number of benzene rings is 1. The van der Waals surface area contributed by atoms with Gasteiger partial charge in [-0.2, -0.15) is 4.39 Å². The monoisotopic (exact) mass is 387 g/mol. The molecule has 2 aliphatic heterocycles. The summed E-state index contributed by atoms with van der Waals surface area (Å²) >= 11 is 0. The molecule has 0 amide bonds. The Hall–Kier alpha value is -3.10. The topological polar surface area (TPSA) is 51.1 Å². The molecule has 0 bridgehead atoms. The fourth-order valence-corrected chi connectivity index (χ4v) is 4.38. The van der Waals surface area contributed by atoms with Gasteiger partial charge in [-0.3, -0.25) is 10.1 Å². The first-order valence-corrected chi connectivity index (χ1v) is 8.77. The van der Waals surface area contributed by atoms with E-state index >= 15 is 8.63 Å². The van der Waals surface area contributed by atoms with Crippen molar-refractivity contribution in [1.82, 2.24) is 4.48 Å². The molecule has 28 heavy (non-hydrogen) atoms. The first kappa shape index (κ1) is 18.3. The summed E-state index contributed by atoms with van der Waals surface area (Å²) in [5, 5.41) is 11.2. The molecule has 9 heteroatoms. The molecule has 2 aliphatic rings. The summed E-state index contributed by atoms with van der Waals surface area (Å²) in [6.07, 6.45) is 1.67. The molecule has 4 rings (SSSR count). The van der Waals surface area contributed by atoms with Gasteiger partial charge in [0.2, 0.25) is 5.82 Å². The third-order valence-electron chi connectivity index (χ3n) is 5.37. The highest BCUT2D eigenvalue weighted by Gasteiger charge is 2.55. The summed E-state index contributed by atoms with van der Waals surface area (Å²) in [6, 6.07) is 5.18. The van der Waals surface area contributed by atoms with E-state index in [1.54, 1.807) is 39.8 Å². The van der Waals surface area contributed by atoms with Crippen LogP contribution in [-0.2, 0) is 0 Å². The molecule has 2 aromatic rings. The highest BCUT2D eigenvalue weighted by Crippen LogP contribution is 2.44. The molecule has 144 valence electrons. The summed E-state index contributed by atoms with van der Waals surface area (Å²) in [5.74, 6) is -0.966. The minimum atomic E-state index is -4.13. The number of nitro groups is 1. The first-order valence-electron chi connectivity index (χ1n) is 8.77. The van der Waals surface area contributed by atoms with Gasteiger partial charge in [-0.05, 0) is 49.7 Å². The Labute approximate surface area is 159 Å². The van der Waals surface area contributed by atoms with E-state index in [9.17, 15) is 14.5 Å². The molecule has 3 heterocycles. The second-order valence-electron chi connectivity index (χ2n) is 7.26. The molecule has 0 saturated carbocycles. The van der Waals surface area contributed by atoms with Gasteiger partial charge in [-0.15, -0.1) is 0 Å². The van der Waals surface area contributed by atoms with Gasteiger partial charge >= 0.3 is 12.7 Å². The number of fused-ring (bicyclic) bond motifs is 2. The number of nitrogens with zero attached hydrogens (tertiary/aromatic N) is 3. The lowest BCUT2D eigenvalue weighted by Gasteiger charge is -2.34. The molecular weight excluding hydrogens is 370 g/mol. The summed E-state index contributed by atoms with van der Waals surface area (Å²) in [6.45, 7) is 2.53. The van der Waals surface area contributed by atoms with Crippen LogP contribution in [0.3, 0.4) is 0 Å². The Morgan fingerprint density at radius 2 is 1.82 bits per heavy atom. The number of allylic oxidation sites excluding steroid dienone is 2. The van der Waals surface area contributed by atoms with Gasteiger partial charge in [0, 0.05) is 30.3 Å². The fourth-order valence-electron chi connectivity index (χ4n) is 4.38. The maximum Gasteiger partial charge on any atom is 0.737 e. The fraction of sp³-hybridized carbons (Fsp3) is 0.211. The zero-order valence-electron chi connectivity index (χ0n) is 15.8. The molecule has 0 N–H and O–H groups in total. The van der Waals surface area contributed by atoms with Gasteiger partial charge in [-0.25, -0.2) is 0 Å². The number of halogens is 3. The van der Waals surface area contributed by atoms with Crippen LogP contribution < -0.4 is 0 Å². The number of hydrogen-bond acceptors (Lipinski definition) is 2. The minimum Gasteiger partial charge on any atom is -0.393 e. The Balaban J connectivity index is 2.16. The van der Waals surface area contributed by atoms with Crippen LogP contribution in [0, 0.1) is 29.8 Å². The molecule has 0 atom stereocenters. The van der Waals surface area contributed by atoms with Crippen LogP contribution >= 0.6 is 0 Å². The highest BCUT2D eigenvalue weighted by molar-refractivity contribution is 6.58. The molecular formula is C19H17BF3N3O2. The summed E-state index contributed by atoms with van der Waals surface area (Å²) in [4.78, 5) is 10.4. The van der Waals surface area contributed by atoms with Crippen LogP contribution in [0.4, 0.5) is 18.7 Å². The van der Waals surface area contributed by atoms with Gasteiger partial charge in [-0.1, -0.05) is 6.07 Å². The first-order chi connectivity index (χ1) is 13.1. The quantitative estimate of drug-likeness (QED) is 0.430. The normalized spacial score (nSPS) is 17.6. The average Bonchev–Trinajstić information content (AvgIpc) is 3.06. The van der Waals surface area contributed by atoms with Crippen molar-refractivity contribution < 1.29 is 22.4 Å². The van der Waals surface area contributed by atoms with E-state index < -0.39 is 23.4 Å². The van der Waals surface area contributed by atoms with Crippen LogP contribution in [0.25, 0.3) is 5.57 Å². The highest BCUT2D eigenvalue weighted by atomic mass is 19.2. The van der Waals surface area contributed by atoms with Crippen molar-refractivity contribution in [3.8, 4) is 0 Å². The Morgan fingerprint density at radius 1 is 1.14 bits per heavy atom. The number of nitro benzene ring substituents is 1. The van der Waals surface area contributed by atoms with E-state index in [1.165, 1.54) is 6.07 Å². The average molecular weight is 387 g/mol. The lowest BCUT2D eigenvalue weighted by Crippen LogP contribution is -2.51. The smallest absolute Gasteiger partial charge is 0.393 e. The van der Waals surface area contributed by atoms with Gasteiger partial charge in [0.25, 0.3) is 0 Å². The maximum atomic E-state index is 15.5. The SMILES string of the molecule is CC1=CC(C)=[N+]2C1=C(c1ccc(F)c([N+](=O)[O-])c1)c1c(C)cc(C)n1[B-]2(F)F. The second-order valence-corrected chi connectivity index (χ2v) is 7.26. The lowest BCUT2D eigenvalue weighted by molar-refractivity contribution is -0.387. The maximum absolute atomic E-state index is 15.5. The van der Waals surface area contributed by atoms with E-state index in [1.807, 2.05) is 0 Å². The zero-order chi connectivity index (χ0) is 20.5. The Kier molecular flexibility index (Phi) is 3.72. The van der Waals surface area contributed by atoms with E-state index in [0.29, 0.717) is 45.1 Å². The predicted molar refractivity (Wildman–Crippen MR) is 101 cm³/mol. The predicted octanol–water partition coefficient (Wildman–Crippen LogP) is 4.58. The van der Waals surface area contributed by atoms with Crippen LogP contribution in [-0.4, -0.2) is 26.6 Å². The van der Waals surface area contributed by atoms with Crippen molar-refractivity contribution in [2.75, 3.05) is 0 Å². The summed E-state index contributed by atoms with van der Waals surface area (Å²) in [5.41, 5.74) is 2.72. The molecule has 0 saturated heterocycles. The molecule has 5 nitrogen and oxygen atoms in total. The van der Waals surface area contributed by atoms with E-state index in [-0.39, 0.29) is 0 Å². The van der Waals surface area contributed by atoms with E-state index in [0.717, 1.165) is 21.1 Å². The lowest BCUT2D eigenvalue weighted by atomic mass is 9.83. The van der Waals surface area contributed by atoms with Crippen LogP contribution in [0.5, 0.6) is 0 Å². The van der Waals surface area contributed by atoms with Crippen molar-refractivity contribution in [2.24, 2.45) is 0 Å². The molecule has 1 aromatic heterocycles. The Bertz CT molecular complexity index is 1180. The van der Waals surface area contributed by atoms with Crippen LogP contribution in [0.2, 0.25) is 0 Å². The molecule has 0 fully saturated rings. The standard InChI is InChI=1S/C19H17BF3N3O2/c1-10-7-12(3)24-18(10)17(14-5-6-15(21)16(9-14)26(27)28)19-11(2)8-13(4)25(19)20(24,22)23/h5-9H,1-4H3. The van der Waals surface area contributed by atoms with Gasteiger partial charge in [0.1, 0.15) is 5.71 Å². The van der Waals surface area contributed by atoms with Crippen LogP contribution in [0.15, 0.2) is 41.6 Å². The van der Waals surface area contributed by atoms with Gasteiger partial charge < -0.3 is 17.6 Å². The summed E-state index contributed by atoms with van der Waals surface area (Å²) < 4.78 is 46.9. The van der Waals surface area contributed by atoms with Crippen molar-refractivity contribution in [1.29, 1.82) is 0 Å². The van der Waals surface area contributed by atoms with Gasteiger partial charge in [0.15, 0.2) is 5.70 Å². The molecule has 1 aromatic carbocycles. The number of aromatic nitrogens is 1. The van der Waals surface area contributed by atoms with E-state index in [2.05, 4.69) is 0 Å². The van der Waals surface area contributed by atoms with Crippen molar-refractivity contribution in [3.05, 3.63) is 80.1 Å². The second kappa shape index (κ2) is 5.70. The number of rotatable bonds is 2. The molecule has 0 unspecified atom stereocenters. The van der Waals surface area contributed by atoms with Crippen molar-refractivity contribution in [3.63, 3.8) is 0 Å². The number of hydrogen-bond donors (Lipinski definition) is 0. The molecule has 0 radical (unpaired) electrons. The zero-order valence-corrected chi connectivity index (χ0v) is 15.8. The molecule has 0 spiro atoms. The third-order valence-corrected chi connectivity index (χ3v) is 5.37.